The van der Waals surface area contributed by atoms with Crippen LogP contribution in [0.2, 0.25) is 0 Å². The van der Waals surface area contributed by atoms with Crippen molar-refractivity contribution in [3.8, 4) is 11.3 Å². The molecule has 4 aliphatic carbocycles. The van der Waals surface area contributed by atoms with E-state index in [1.165, 1.54) is 41.6 Å². The summed E-state index contributed by atoms with van der Waals surface area (Å²) in [5.41, 5.74) is 14.7. The normalized spacial score (nSPS) is 20.2. The summed E-state index contributed by atoms with van der Waals surface area (Å²) in [6, 6.07) is 83.9. The summed E-state index contributed by atoms with van der Waals surface area (Å²) >= 11 is 0. The molecule has 4 saturated carbocycles. The molecule has 0 radical (unpaired) electrons. The molecule has 2 aromatic heterocycles. The second kappa shape index (κ2) is 16.9. The van der Waals surface area contributed by atoms with E-state index < -0.39 is 0 Å². The number of pyridine rings is 2. The molecule has 0 amide bonds. The van der Waals surface area contributed by atoms with E-state index >= 15 is 0 Å². The van der Waals surface area contributed by atoms with Crippen LogP contribution in [0.1, 0.15) is 44.1 Å². The molecular formula is C64H53N5. The van der Waals surface area contributed by atoms with Gasteiger partial charge in [-0.25, -0.2) is 4.98 Å². The van der Waals surface area contributed by atoms with Crippen molar-refractivity contribution in [1.29, 1.82) is 0 Å². The largest absolute Gasteiger partial charge is 0.335 e. The van der Waals surface area contributed by atoms with Crippen LogP contribution in [0.5, 0.6) is 0 Å². The first-order valence-corrected chi connectivity index (χ1v) is 24.7. The Hall–Kier alpha value is -8.02. The Kier molecular flexibility index (Phi) is 10.1. The highest BCUT2D eigenvalue weighted by Gasteiger charge is 2.61. The molecule has 0 spiro atoms. The topological polar surface area (TPSA) is 35.5 Å². The predicted molar refractivity (Wildman–Crippen MR) is 286 cm³/mol. The Labute approximate surface area is 405 Å². The molecule has 0 aliphatic heterocycles. The first-order valence-electron chi connectivity index (χ1n) is 24.7. The van der Waals surface area contributed by atoms with E-state index in [9.17, 15) is 0 Å². The minimum Gasteiger partial charge on any atom is -0.335 e. The van der Waals surface area contributed by atoms with Crippen molar-refractivity contribution in [2.75, 3.05) is 14.7 Å². The fourth-order valence-electron chi connectivity index (χ4n) is 13.2. The van der Waals surface area contributed by atoms with Crippen LogP contribution in [-0.2, 0) is 5.41 Å². The van der Waals surface area contributed by atoms with E-state index in [0.29, 0.717) is 11.8 Å². The van der Waals surface area contributed by atoms with Crippen molar-refractivity contribution in [1.82, 2.24) is 9.97 Å². The number of anilines is 8. The van der Waals surface area contributed by atoms with Crippen LogP contribution in [-0.4, -0.2) is 15.5 Å². The molecule has 0 saturated heterocycles. The molecule has 2 atom stereocenters. The first-order chi connectivity index (χ1) is 34.1. The number of rotatable bonds is 11. The van der Waals surface area contributed by atoms with Crippen molar-refractivity contribution >= 4 is 67.3 Å². The molecule has 8 aromatic carbocycles. The van der Waals surface area contributed by atoms with E-state index in [2.05, 4.69) is 239 Å². The first kappa shape index (κ1) is 41.2. The molecule has 4 bridgehead atoms. The van der Waals surface area contributed by atoms with Crippen molar-refractivity contribution in [3.05, 3.63) is 242 Å². The van der Waals surface area contributed by atoms with Crippen LogP contribution in [0.15, 0.2) is 237 Å². The van der Waals surface area contributed by atoms with Crippen molar-refractivity contribution in [2.45, 2.75) is 49.5 Å². The summed E-state index contributed by atoms with van der Waals surface area (Å²) in [4.78, 5) is 18.0. The summed E-state index contributed by atoms with van der Waals surface area (Å²) in [7, 11) is 0. The Morgan fingerprint density at radius 3 is 1.35 bits per heavy atom. The molecule has 0 N–H and O–H groups in total. The van der Waals surface area contributed by atoms with Gasteiger partial charge < -0.3 is 14.7 Å². The predicted octanol–water partition coefficient (Wildman–Crippen LogP) is 16.8. The molecule has 334 valence electrons. The average molecular weight is 892 g/mol. The Balaban J connectivity index is 0.973. The van der Waals surface area contributed by atoms with E-state index in [4.69, 9.17) is 9.97 Å². The number of nitrogens with zero attached hydrogens (tertiary/aromatic N) is 5. The van der Waals surface area contributed by atoms with Gasteiger partial charge in [-0.3, -0.25) is 4.98 Å². The zero-order chi connectivity index (χ0) is 45.8. The highest BCUT2D eigenvalue weighted by Crippen LogP contribution is 2.66. The lowest BCUT2D eigenvalue weighted by Gasteiger charge is -2.65. The molecule has 2 unspecified atom stereocenters. The van der Waals surface area contributed by atoms with Crippen LogP contribution < -0.4 is 14.7 Å². The van der Waals surface area contributed by atoms with Gasteiger partial charge in [0.15, 0.2) is 0 Å². The minimum absolute atomic E-state index is 0.0375. The molecular weight excluding hydrogens is 839 g/mol. The fraction of sp³-hybridized carbons (Fsp3) is 0.156. The van der Waals surface area contributed by atoms with Gasteiger partial charge in [0.2, 0.25) is 0 Å². The van der Waals surface area contributed by atoms with Gasteiger partial charge in [-0.1, -0.05) is 121 Å². The number of aromatic nitrogens is 2. The SMILES string of the molecule is c1ccc(-c2cc(C34CC5CC(C3)CC(N(c3ccc(N(c6ccccc6)c6ccccc6)cc3)c3ccc(N(c6ccccc6)c6ccccc6)cc3)(C5)C4)c3ccc4cccnc4c3n2)cc1. The minimum atomic E-state index is -0.123. The van der Waals surface area contributed by atoms with Crippen LogP contribution in [0.25, 0.3) is 33.1 Å². The van der Waals surface area contributed by atoms with E-state index in [0.717, 1.165) is 81.1 Å². The summed E-state index contributed by atoms with van der Waals surface area (Å²) in [5.74, 6) is 1.21. The number of fused-ring (bicyclic) bond motifs is 3. The third kappa shape index (κ3) is 7.32. The summed E-state index contributed by atoms with van der Waals surface area (Å²) in [6.45, 7) is 0. The van der Waals surface area contributed by atoms with Crippen LogP contribution >= 0.6 is 0 Å². The van der Waals surface area contributed by atoms with Gasteiger partial charge in [0.1, 0.15) is 0 Å². The van der Waals surface area contributed by atoms with Gasteiger partial charge in [-0.15, -0.1) is 0 Å². The molecule has 69 heavy (non-hydrogen) atoms. The maximum atomic E-state index is 5.46. The lowest BCUT2D eigenvalue weighted by molar-refractivity contribution is -0.0218. The highest BCUT2D eigenvalue weighted by molar-refractivity contribution is 6.05. The smallest absolute Gasteiger partial charge is 0.0975 e. The molecule has 4 fully saturated rings. The van der Waals surface area contributed by atoms with Gasteiger partial charge in [-0.2, -0.15) is 0 Å². The van der Waals surface area contributed by atoms with E-state index in [1.807, 2.05) is 12.3 Å². The van der Waals surface area contributed by atoms with Gasteiger partial charge >= 0.3 is 0 Å². The van der Waals surface area contributed by atoms with E-state index in [1.54, 1.807) is 0 Å². The summed E-state index contributed by atoms with van der Waals surface area (Å²) in [6.07, 6.45) is 8.98. The second-order valence-electron chi connectivity index (χ2n) is 19.8. The monoisotopic (exact) mass is 891 g/mol. The fourth-order valence-corrected chi connectivity index (χ4v) is 13.2. The third-order valence-electron chi connectivity index (χ3n) is 15.5. The van der Waals surface area contributed by atoms with Crippen LogP contribution in [0.4, 0.5) is 45.5 Å². The molecule has 5 heteroatoms. The standard InChI is InChI=1S/C64H53N5/c1-6-17-48(18-7-1)60-40-59(58-37-28-49-19-16-38-65-61(49)62(58)66-60)63-41-46-39-47(42-63)44-64(43-46,45-63)69(56-33-29-54(30-34-56)67(50-20-8-2-9-21-50)51-22-10-3-11-23-51)57-35-31-55(32-36-57)68(52-24-12-4-13-25-52)53-26-14-5-15-27-53/h1-38,40,46-47H,39,41-45H2. The second-order valence-corrected chi connectivity index (χ2v) is 19.8. The van der Waals surface area contributed by atoms with Crippen LogP contribution in [0, 0.1) is 11.8 Å². The Bertz CT molecular complexity index is 3180. The lowest BCUT2D eigenvalue weighted by atomic mass is 9.44. The molecule has 4 aliphatic rings. The zero-order valence-electron chi connectivity index (χ0n) is 38.7. The van der Waals surface area contributed by atoms with Gasteiger partial charge in [0.05, 0.1) is 16.7 Å². The summed E-state index contributed by atoms with van der Waals surface area (Å²) < 4.78 is 0. The van der Waals surface area contributed by atoms with Crippen molar-refractivity contribution < 1.29 is 0 Å². The summed E-state index contributed by atoms with van der Waals surface area (Å²) in [5, 5.41) is 2.38. The maximum absolute atomic E-state index is 5.46. The van der Waals surface area contributed by atoms with E-state index in [-0.39, 0.29) is 11.0 Å². The number of hydrogen-bond acceptors (Lipinski definition) is 5. The Morgan fingerprint density at radius 1 is 0.406 bits per heavy atom. The van der Waals surface area contributed by atoms with Crippen molar-refractivity contribution in [2.24, 2.45) is 11.8 Å². The van der Waals surface area contributed by atoms with Gasteiger partial charge in [0, 0.05) is 73.6 Å². The number of hydrogen-bond donors (Lipinski definition) is 0. The maximum Gasteiger partial charge on any atom is 0.0975 e. The molecule has 2 heterocycles. The zero-order valence-corrected chi connectivity index (χ0v) is 38.7. The molecule has 5 nitrogen and oxygen atoms in total. The van der Waals surface area contributed by atoms with Crippen LogP contribution in [0.3, 0.4) is 0 Å². The average Bonchev–Trinajstić information content (AvgIpc) is 3.40. The van der Waals surface area contributed by atoms with Gasteiger partial charge in [0.25, 0.3) is 0 Å². The molecule has 14 rings (SSSR count). The van der Waals surface area contributed by atoms with Gasteiger partial charge in [-0.05, 0) is 171 Å². The number of benzene rings is 8. The number of para-hydroxylation sites is 4. The highest BCUT2D eigenvalue weighted by atomic mass is 15.2. The Morgan fingerprint density at radius 2 is 0.855 bits per heavy atom. The lowest BCUT2D eigenvalue weighted by Crippen LogP contribution is -2.63. The molecule has 10 aromatic rings. The quantitative estimate of drug-likeness (QED) is 0.121. The third-order valence-corrected chi connectivity index (χ3v) is 15.5. The van der Waals surface area contributed by atoms with Crippen molar-refractivity contribution in [3.63, 3.8) is 0 Å².